The zero-order chi connectivity index (χ0) is 17.8. The first-order valence-electron chi connectivity index (χ1n) is 8.30. The van der Waals surface area contributed by atoms with Gasteiger partial charge in [-0.2, -0.15) is 0 Å². The van der Waals surface area contributed by atoms with E-state index in [-0.39, 0.29) is 12.3 Å². The smallest absolute Gasteiger partial charge is 0.224 e. The first-order chi connectivity index (χ1) is 11.7. The molecule has 0 saturated heterocycles. The van der Waals surface area contributed by atoms with Crippen molar-refractivity contribution in [1.29, 1.82) is 0 Å². The molecule has 0 aromatic heterocycles. The number of unbranched alkanes of at least 4 members (excludes halogenated alkanes) is 1. The van der Waals surface area contributed by atoms with Crippen LogP contribution in [-0.2, 0) is 16.0 Å². The summed E-state index contributed by atoms with van der Waals surface area (Å²) in [6, 6.07) is 3.58. The van der Waals surface area contributed by atoms with Gasteiger partial charge in [0.1, 0.15) is 0 Å². The molecule has 6 nitrogen and oxygen atoms in total. The lowest BCUT2D eigenvalue weighted by Gasteiger charge is -2.15. The SMILES string of the molecule is CCCCOCCCNC(=O)Cc1ccc(OC)c(OC)c1OC. The lowest BCUT2D eigenvalue weighted by molar-refractivity contribution is -0.120. The lowest BCUT2D eigenvalue weighted by atomic mass is 10.1. The van der Waals surface area contributed by atoms with Gasteiger partial charge in [-0.25, -0.2) is 0 Å². The fourth-order valence-corrected chi connectivity index (χ4v) is 2.29. The molecule has 1 amide bonds. The number of hydrogen-bond donors (Lipinski definition) is 1. The van der Waals surface area contributed by atoms with Crippen molar-refractivity contribution in [2.24, 2.45) is 0 Å². The Morgan fingerprint density at radius 3 is 2.33 bits per heavy atom. The molecule has 1 aromatic rings. The summed E-state index contributed by atoms with van der Waals surface area (Å²) in [7, 11) is 4.65. The minimum absolute atomic E-state index is 0.0610. The van der Waals surface area contributed by atoms with Crippen LogP contribution in [0.15, 0.2) is 12.1 Å². The molecule has 136 valence electrons. The number of ether oxygens (including phenoxy) is 4. The molecular weight excluding hydrogens is 310 g/mol. The van der Waals surface area contributed by atoms with Crippen LogP contribution in [0, 0.1) is 0 Å². The maximum Gasteiger partial charge on any atom is 0.224 e. The molecule has 0 fully saturated rings. The highest BCUT2D eigenvalue weighted by atomic mass is 16.5. The van der Waals surface area contributed by atoms with Crippen molar-refractivity contribution < 1.29 is 23.7 Å². The van der Waals surface area contributed by atoms with E-state index >= 15 is 0 Å². The van der Waals surface area contributed by atoms with Crippen molar-refractivity contribution in [3.63, 3.8) is 0 Å². The number of methoxy groups -OCH3 is 3. The number of carbonyl (C=O) groups excluding carboxylic acids is 1. The third kappa shape index (κ3) is 6.28. The second-order valence-electron chi connectivity index (χ2n) is 5.34. The zero-order valence-corrected chi connectivity index (χ0v) is 15.1. The van der Waals surface area contributed by atoms with Gasteiger partial charge in [-0.1, -0.05) is 19.4 Å². The maximum atomic E-state index is 12.1. The van der Waals surface area contributed by atoms with Crippen LogP contribution in [0.3, 0.4) is 0 Å². The van der Waals surface area contributed by atoms with Gasteiger partial charge in [-0.3, -0.25) is 4.79 Å². The molecule has 0 atom stereocenters. The topological polar surface area (TPSA) is 66.0 Å². The molecule has 0 aliphatic carbocycles. The molecule has 1 N–H and O–H groups in total. The van der Waals surface area contributed by atoms with E-state index in [1.807, 2.05) is 6.07 Å². The van der Waals surface area contributed by atoms with Crippen molar-refractivity contribution in [2.45, 2.75) is 32.6 Å². The van der Waals surface area contributed by atoms with Gasteiger partial charge in [0.15, 0.2) is 11.5 Å². The Hall–Kier alpha value is -1.95. The van der Waals surface area contributed by atoms with Gasteiger partial charge < -0.3 is 24.3 Å². The van der Waals surface area contributed by atoms with Gasteiger partial charge in [0, 0.05) is 25.3 Å². The fourth-order valence-electron chi connectivity index (χ4n) is 2.29. The van der Waals surface area contributed by atoms with E-state index in [9.17, 15) is 4.79 Å². The Labute approximate surface area is 144 Å². The van der Waals surface area contributed by atoms with Crippen LogP contribution in [-0.4, -0.2) is 47.0 Å². The van der Waals surface area contributed by atoms with E-state index in [0.29, 0.717) is 30.4 Å². The van der Waals surface area contributed by atoms with Crippen LogP contribution < -0.4 is 19.5 Å². The molecule has 0 aliphatic heterocycles. The van der Waals surface area contributed by atoms with Gasteiger partial charge in [0.05, 0.1) is 27.8 Å². The van der Waals surface area contributed by atoms with Crippen molar-refractivity contribution in [3.8, 4) is 17.2 Å². The van der Waals surface area contributed by atoms with Gasteiger partial charge in [-0.05, 0) is 18.9 Å². The quantitative estimate of drug-likeness (QED) is 0.593. The van der Waals surface area contributed by atoms with Crippen LogP contribution >= 0.6 is 0 Å². The molecule has 0 bridgehead atoms. The second kappa shape index (κ2) is 11.6. The number of benzene rings is 1. The minimum Gasteiger partial charge on any atom is -0.493 e. The summed E-state index contributed by atoms with van der Waals surface area (Å²) >= 11 is 0. The second-order valence-corrected chi connectivity index (χ2v) is 5.34. The van der Waals surface area contributed by atoms with Crippen LogP contribution in [0.25, 0.3) is 0 Å². The summed E-state index contributed by atoms with van der Waals surface area (Å²) < 4.78 is 21.4. The summed E-state index contributed by atoms with van der Waals surface area (Å²) in [5.41, 5.74) is 0.756. The summed E-state index contributed by atoms with van der Waals surface area (Å²) in [5.74, 6) is 1.53. The zero-order valence-electron chi connectivity index (χ0n) is 15.1. The Kier molecular flexibility index (Phi) is 9.68. The van der Waals surface area contributed by atoms with Crippen molar-refractivity contribution in [2.75, 3.05) is 41.1 Å². The fraction of sp³-hybridized carbons (Fsp3) is 0.611. The molecule has 0 aliphatic rings. The Bertz CT molecular complexity index is 504. The van der Waals surface area contributed by atoms with Crippen molar-refractivity contribution >= 4 is 5.91 Å². The predicted octanol–water partition coefficient (Wildman–Crippen LogP) is 2.58. The van der Waals surface area contributed by atoms with Crippen molar-refractivity contribution in [1.82, 2.24) is 5.32 Å². The van der Waals surface area contributed by atoms with Crippen LogP contribution in [0.1, 0.15) is 31.7 Å². The first kappa shape index (κ1) is 20.1. The molecule has 0 saturated carbocycles. The van der Waals surface area contributed by atoms with Gasteiger partial charge in [-0.15, -0.1) is 0 Å². The highest BCUT2D eigenvalue weighted by Crippen LogP contribution is 2.39. The highest BCUT2D eigenvalue weighted by molar-refractivity contribution is 5.80. The van der Waals surface area contributed by atoms with Gasteiger partial charge in [0.25, 0.3) is 0 Å². The third-order valence-electron chi connectivity index (χ3n) is 3.57. The number of carbonyl (C=O) groups is 1. The molecule has 0 heterocycles. The van der Waals surface area contributed by atoms with E-state index in [1.54, 1.807) is 27.4 Å². The monoisotopic (exact) mass is 339 g/mol. The van der Waals surface area contributed by atoms with E-state index in [1.165, 1.54) is 0 Å². The standard InChI is InChI=1S/C18H29NO5/c1-5-6-11-24-12-7-10-19-16(20)13-14-8-9-15(21-2)18(23-4)17(14)22-3/h8-9H,5-7,10-13H2,1-4H3,(H,19,20). The van der Waals surface area contributed by atoms with E-state index in [2.05, 4.69) is 12.2 Å². The summed E-state index contributed by atoms with van der Waals surface area (Å²) in [6.07, 6.45) is 3.23. The molecule has 24 heavy (non-hydrogen) atoms. The molecule has 0 radical (unpaired) electrons. The predicted molar refractivity (Wildman–Crippen MR) is 93.2 cm³/mol. The Balaban J connectivity index is 2.49. The lowest BCUT2D eigenvalue weighted by Crippen LogP contribution is -2.27. The maximum absolute atomic E-state index is 12.1. The van der Waals surface area contributed by atoms with Crippen LogP contribution in [0.2, 0.25) is 0 Å². The third-order valence-corrected chi connectivity index (χ3v) is 3.57. The van der Waals surface area contributed by atoms with Crippen molar-refractivity contribution in [3.05, 3.63) is 17.7 Å². The van der Waals surface area contributed by atoms with E-state index < -0.39 is 0 Å². The molecule has 1 aromatic carbocycles. The molecular formula is C18H29NO5. The number of amides is 1. The molecule has 1 rings (SSSR count). The first-order valence-corrected chi connectivity index (χ1v) is 8.30. The van der Waals surface area contributed by atoms with Crippen LogP contribution in [0.5, 0.6) is 17.2 Å². The molecule has 0 unspecified atom stereocenters. The number of hydrogen-bond acceptors (Lipinski definition) is 5. The largest absolute Gasteiger partial charge is 0.493 e. The molecule has 0 spiro atoms. The van der Waals surface area contributed by atoms with Gasteiger partial charge >= 0.3 is 0 Å². The average molecular weight is 339 g/mol. The number of nitrogens with one attached hydrogen (secondary N) is 1. The minimum atomic E-state index is -0.0610. The molecule has 6 heteroatoms. The normalized spacial score (nSPS) is 10.3. The van der Waals surface area contributed by atoms with E-state index in [4.69, 9.17) is 18.9 Å². The Morgan fingerprint density at radius 2 is 1.71 bits per heavy atom. The summed E-state index contributed by atoms with van der Waals surface area (Å²) in [5, 5.41) is 2.89. The summed E-state index contributed by atoms with van der Waals surface area (Å²) in [6.45, 7) is 4.18. The summed E-state index contributed by atoms with van der Waals surface area (Å²) in [4.78, 5) is 12.1. The number of rotatable bonds is 12. The van der Waals surface area contributed by atoms with Crippen LogP contribution in [0.4, 0.5) is 0 Å². The van der Waals surface area contributed by atoms with Gasteiger partial charge in [0.2, 0.25) is 11.7 Å². The Morgan fingerprint density at radius 1 is 1.00 bits per heavy atom. The highest BCUT2D eigenvalue weighted by Gasteiger charge is 2.17. The van der Waals surface area contributed by atoms with E-state index in [0.717, 1.165) is 31.4 Å². The average Bonchev–Trinajstić information content (AvgIpc) is 2.60.